The van der Waals surface area contributed by atoms with Crippen LogP contribution in [0.5, 0.6) is 0 Å². The van der Waals surface area contributed by atoms with E-state index in [2.05, 4.69) is 10.4 Å². The van der Waals surface area contributed by atoms with Crippen LogP contribution >= 0.6 is 12.4 Å². The van der Waals surface area contributed by atoms with Gasteiger partial charge in [-0.25, -0.2) is 13.5 Å². The van der Waals surface area contributed by atoms with Crippen LogP contribution in [-0.2, 0) is 12.8 Å². The van der Waals surface area contributed by atoms with Crippen LogP contribution in [0.4, 0.5) is 8.78 Å². The number of nitrogens with one attached hydrogen (secondary N) is 1. The Balaban J connectivity index is 0.00000261. The minimum Gasteiger partial charge on any atom is -0.349 e. The van der Waals surface area contributed by atoms with Crippen molar-refractivity contribution in [3.63, 3.8) is 0 Å². The molecule has 5 nitrogen and oxygen atoms in total. The number of rotatable bonds is 6. The van der Waals surface area contributed by atoms with E-state index in [1.165, 1.54) is 6.07 Å². The second-order valence-electron chi connectivity index (χ2n) is 6.89. The van der Waals surface area contributed by atoms with Gasteiger partial charge in [0, 0.05) is 29.4 Å². The summed E-state index contributed by atoms with van der Waals surface area (Å²) in [7, 11) is 0. The van der Waals surface area contributed by atoms with Gasteiger partial charge in [0.05, 0.1) is 5.69 Å². The molecule has 1 amide bonds. The van der Waals surface area contributed by atoms with Crippen LogP contribution in [0.2, 0.25) is 0 Å². The van der Waals surface area contributed by atoms with Crippen molar-refractivity contribution < 1.29 is 13.6 Å². The molecular weight excluding hydrogens is 374 g/mol. The Morgan fingerprint density at radius 2 is 1.96 bits per heavy atom. The monoisotopic (exact) mass is 398 g/mol. The predicted octanol–water partition coefficient (Wildman–Crippen LogP) is 3.31. The maximum atomic E-state index is 13.6. The number of fused-ring (bicyclic) bond motifs is 1. The molecule has 27 heavy (non-hydrogen) atoms. The number of nitrogens with two attached hydrogens (primary N) is 1. The minimum atomic E-state index is -0.936. The normalized spacial score (nSPS) is 13.2. The number of hydrogen-bond acceptors (Lipinski definition) is 3. The first-order valence-electron chi connectivity index (χ1n) is 9.02. The highest BCUT2D eigenvalue weighted by Crippen LogP contribution is 2.28. The summed E-state index contributed by atoms with van der Waals surface area (Å²) in [6.45, 7) is 4.35. The van der Waals surface area contributed by atoms with Gasteiger partial charge < -0.3 is 11.1 Å². The Bertz CT molecular complexity index is 833. The lowest BCUT2D eigenvalue weighted by molar-refractivity contribution is 0.0936. The van der Waals surface area contributed by atoms with Crippen LogP contribution in [0, 0.1) is 11.6 Å². The van der Waals surface area contributed by atoms with Crippen molar-refractivity contribution in [1.82, 2.24) is 15.1 Å². The molecule has 1 aromatic carbocycles. The fraction of sp³-hybridized carbons (Fsp3) is 0.474. The van der Waals surface area contributed by atoms with Crippen LogP contribution in [0.1, 0.15) is 54.9 Å². The van der Waals surface area contributed by atoms with Crippen molar-refractivity contribution in [2.45, 2.75) is 51.5 Å². The maximum Gasteiger partial charge on any atom is 0.272 e. The van der Waals surface area contributed by atoms with Crippen molar-refractivity contribution in [2.75, 3.05) is 6.54 Å². The molecule has 3 rings (SSSR count). The van der Waals surface area contributed by atoms with Crippen LogP contribution in [-0.4, -0.2) is 27.8 Å². The van der Waals surface area contributed by atoms with Crippen LogP contribution < -0.4 is 11.1 Å². The summed E-state index contributed by atoms with van der Waals surface area (Å²) in [4.78, 5) is 12.7. The minimum absolute atomic E-state index is 0. The van der Waals surface area contributed by atoms with Crippen LogP contribution in [0.15, 0.2) is 18.2 Å². The van der Waals surface area contributed by atoms with Gasteiger partial charge in [-0.3, -0.25) is 4.79 Å². The number of benzene rings is 1. The van der Waals surface area contributed by atoms with E-state index in [-0.39, 0.29) is 18.3 Å². The van der Waals surface area contributed by atoms with Crippen molar-refractivity contribution >= 4 is 18.3 Å². The fourth-order valence-corrected chi connectivity index (χ4v) is 3.29. The largest absolute Gasteiger partial charge is 0.349 e. The highest BCUT2D eigenvalue weighted by Gasteiger charge is 2.28. The summed E-state index contributed by atoms with van der Waals surface area (Å²) < 4.78 is 28.4. The molecule has 0 saturated heterocycles. The van der Waals surface area contributed by atoms with Crippen LogP contribution in [0.3, 0.4) is 0 Å². The van der Waals surface area contributed by atoms with Gasteiger partial charge in [-0.2, -0.15) is 5.10 Å². The second-order valence-corrected chi connectivity index (χ2v) is 6.89. The molecule has 2 aromatic rings. The molecular formula is C19H25ClF2N4O. The average molecular weight is 399 g/mol. The van der Waals surface area contributed by atoms with E-state index < -0.39 is 17.2 Å². The second kappa shape index (κ2) is 8.35. The van der Waals surface area contributed by atoms with Crippen molar-refractivity contribution in [1.29, 1.82) is 0 Å². The number of nitrogens with zero attached hydrogens (tertiary/aromatic N) is 2. The van der Waals surface area contributed by atoms with Gasteiger partial charge >= 0.3 is 0 Å². The number of amides is 1. The number of carbonyl (C=O) groups excluding carboxylic acids is 1. The molecule has 8 heteroatoms. The lowest BCUT2D eigenvalue weighted by Crippen LogP contribution is -2.49. The van der Waals surface area contributed by atoms with E-state index in [1.807, 2.05) is 13.8 Å². The average Bonchev–Trinajstić information content (AvgIpc) is 3.24. The number of hydrogen-bond donors (Lipinski definition) is 2. The summed E-state index contributed by atoms with van der Waals surface area (Å²) in [5.41, 5.74) is 8.32. The van der Waals surface area contributed by atoms with Gasteiger partial charge in [0.2, 0.25) is 0 Å². The number of aromatic nitrogens is 2. The lowest BCUT2D eigenvalue weighted by atomic mass is 9.94. The van der Waals surface area contributed by atoms with Crippen molar-refractivity contribution in [3.05, 3.63) is 46.8 Å². The van der Waals surface area contributed by atoms with E-state index in [0.717, 1.165) is 55.5 Å². The molecule has 0 fully saturated rings. The topological polar surface area (TPSA) is 72.9 Å². The summed E-state index contributed by atoms with van der Waals surface area (Å²) in [5, 5.41) is 7.28. The summed E-state index contributed by atoms with van der Waals surface area (Å²) in [6.07, 6.45) is 3.91. The van der Waals surface area contributed by atoms with Gasteiger partial charge in [-0.15, -0.1) is 12.4 Å². The Kier molecular flexibility index (Phi) is 6.59. The molecule has 0 atom stereocenters. The SMILES string of the molecule is CCC(N)(CC)CNC(=O)c1nn(-c2ccc(F)c(F)c2)c2c1CCC2.Cl. The van der Waals surface area contributed by atoms with E-state index in [1.54, 1.807) is 4.68 Å². The number of carbonyl (C=O) groups is 1. The van der Waals surface area contributed by atoms with Crippen molar-refractivity contribution in [3.8, 4) is 5.69 Å². The van der Waals surface area contributed by atoms with Gasteiger partial charge in [0.25, 0.3) is 5.91 Å². The molecule has 0 saturated carbocycles. The third-order valence-corrected chi connectivity index (χ3v) is 5.30. The molecule has 1 heterocycles. The summed E-state index contributed by atoms with van der Waals surface area (Å²) in [5.74, 6) is -2.12. The van der Waals surface area contributed by atoms with E-state index in [9.17, 15) is 13.6 Å². The Labute approximate surface area is 163 Å². The predicted molar refractivity (Wildman–Crippen MR) is 103 cm³/mol. The van der Waals surface area contributed by atoms with Crippen LogP contribution in [0.25, 0.3) is 5.69 Å². The first-order valence-corrected chi connectivity index (χ1v) is 9.02. The Morgan fingerprint density at radius 3 is 2.59 bits per heavy atom. The third-order valence-electron chi connectivity index (χ3n) is 5.30. The van der Waals surface area contributed by atoms with Gasteiger partial charge in [-0.05, 0) is 44.2 Å². The molecule has 1 aliphatic rings. The molecule has 3 N–H and O–H groups in total. The molecule has 0 unspecified atom stereocenters. The molecule has 0 spiro atoms. The molecule has 1 aliphatic carbocycles. The first kappa shape index (κ1) is 21.3. The van der Waals surface area contributed by atoms with E-state index >= 15 is 0 Å². The highest BCUT2D eigenvalue weighted by molar-refractivity contribution is 5.94. The molecule has 0 aliphatic heterocycles. The smallest absolute Gasteiger partial charge is 0.272 e. The molecule has 0 radical (unpaired) electrons. The molecule has 148 valence electrons. The third kappa shape index (κ3) is 4.14. The molecule has 0 bridgehead atoms. The highest BCUT2D eigenvalue weighted by atomic mass is 35.5. The first-order chi connectivity index (χ1) is 12.4. The Morgan fingerprint density at radius 1 is 1.26 bits per heavy atom. The molecule has 1 aromatic heterocycles. The zero-order valence-electron chi connectivity index (χ0n) is 15.5. The lowest BCUT2D eigenvalue weighted by Gasteiger charge is -2.26. The Hall–Kier alpha value is -1.99. The van der Waals surface area contributed by atoms with Gasteiger partial charge in [-0.1, -0.05) is 13.8 Å². The number of halogens is 3. The summed E-state index contributed by atoms with van der Waals surface area (Å²) in [6, 6.07) is 3.63. The standard InChI is InChI=1S/C19H24F2N4O.ClH/c1-3-19(22,4-2)11-23-18(26)17-13-6-5-7-16(13)25(24-17)12-8-9-14(20)15(21)10-12;/h8-10H,3-7,11,22H2,1-2H3,(H,23,26);1H. The maximum absolute atomic E-state index is 13.6. The summed E-state index contributed by atoms with van der Waals surface area (Å²) >= 11 is 0. The van der Waals surface area contributed by atoms with Gasteiger partial charge in [0.15, 0.2) is 17.3 Å². The van der Waals surface area contributed by atoms with E-state index in [4.69, 9.17) is 5.73 Å². The zero-order chi connectivity index (χ0) is 18.9. The zero-order valence-corrected chi connectivity index (χ0v) is 16.3. The van der Waals surface area contributed by atoms with E-state index in [0.29, 0.717) is 17.9 Å². The van der Waals surface area contributed by atoms with Gasteiger partial charge in [0.1, 0.15) is 0 Å². The van der Waals surface area contributed by atoms with Crippen molar-refractivity contribution in [2.24, 2.45) is 5.73 Å². The quantitative estimate of drug-likeness (QED) is 0.784. The fourth-order valence-electron chi connectivity index (χ4n) is 3.29.